The molecule has 0 amide bonds. The van der Waals surface area contributed by atoms with E-state index < -0.39 is 11.6 Å². The molecule has 0 aliphatic carbocycles. The minimum atomic E-state index is -0.662. The Hall–Kier alpha value is 0.136. The molecule has 1 aromatic rings. The van der Waals surface area contributed by atoms with Crippen LogP contribution in [0.25, 0.3) is 0 Å². The third-order valence-electron chi connectivity index (χ3n) is 0.724. The zero-order chi connectivity index (χ0) is 5.98. The summed E-state index contributed by atoms with van der Waals surface area (Å²) in [6.45, 7) is 0. The molecule has 0 atom stereocenters. The van der Waals surface area contributed by atoms with Crippen molar-refractivity contribution in [1.29, 1.82) is 0 Å². The van der Waals surface area contributed by atoms with Gasteiger partial charge in [0.15, 0.2) is 0 Å². The van der Waals surface area contributed by atoms with Crippen molar-refractivity contribution in [2.24, 2.45) is 0 Å². The number of hydrogen-bond donors (Lipinski definition) is 0. The molecule has 0 bridgehead atoms. The molecule has 0 aliphatic heterocycles. The summed E-state index contributed by atoms with van der Waals surface area (Å²) in [5.74, 6) is -1.32. The SMILES string of the molecule is Fc1[c-]c(F)ccc1.[Cl-].[Mg+2]. The van der Waals surface area contributed by atoms with Crippen LogP contribution in [0.5, 0.6) is 0 Å². The Labute approximate surface area is 80.2 Å². The Bertz CT molecular complexity index is 176. The summed E-state index contributed by atoms with van der Waals surface area (Å²) in [6.07, 6.45) is 0. The summed E-state index contributed by atoms with van der Waals surface area (Å²) in [5, 5.41) is 0. The minimum Gasteiger partial charge on any atom is -1.00 e. The van der Waals surface area contributed by atoms with Crippen molar-refractivity contribution in [2.45, 2.75) is 0 Å². The van der Waals surface area contributed by atoms with Gasteiger partial charge in [0, 0.05) is 11.6 Å². The molecule has 50 valence electrons. The molecule has 0 heterocycles. The molecule has 0 aliphatic rings. The predicted octanol–water partition coefficient (Wildman–Crippen LogP) is -1.61. The summed E-state index contributed by atoms with van der Waals surface area (Å²) in [6, 6.07) is 5.41. The van der Waals surface area contributed by atoms with Crippen LogP contribution in [0.15, 0.2) is 18.2 Å². The van der Waals surface area contributed by atoms with E-state index in [1.807, 2.05) is 6.07 Å². The fraction of sp³-hybridized carbons (Fsp3) is 0. The zero-order valence-corrected chi connectivity index (χ0v) is 7.24. The molecule has 1 aromatic carbocycles. The van der Waals surface area contributed by atoms with Gasteiger partial charge in [0.25, 0.3) is 0 Å². The molecule has 0 spiro atoms. The largest absolute Gasteiger partial charge is 2.00 e. The molecule has 0 N–H and O–H groups in total. The molecular weight excluding hydrogens is 170 g/mol. The van der Waals surface area contributed by atoms with Crippen molar-refractivity contribution in [3.8, 4) is 0 Å². The smallest absolute Gasteiger partial charge is 1.00 e. The maximum Gasteiger partial charge on any atom is 2.00 e. The standard InChI is InChI=1S/C6H3F2.ClH.Mg/c7-5-2-1-3-6(8)4-5;;/h1-3H;1H;/q-1;;+2/p-1. The van der Waals surface area contributed by atoms with Crippen molar-refractivity contribution in [3.63, 3.8) is 0 Å². The fourth-order valence-electron chi connectivity index (χ4n) is 0.414. The minimum absolute atomic E-state index is 0. The summed E-state index contributed by atoms with van der Waals surface area (Å²) in [5.41, 5.74) is 0. The van der Waals surface area contributed by atoms with Crippen LogP contribution in [0, 0.1) is 17.7 Å². The van der Waals surface area contributed by atoms with E-state index in [4.69, 9.17) is 0 Å². The summed E-state index contributed by atoms with van der Waals surface area (Å²) >= 11 is 0. The Morgan fingerprint density at radius 2 is 1.50 bits per heavy atom. The molecule has 10 heavy (non-hydrogen) atoms. The predicted molar refractivity (Wildman–Crippen MR) is 30.9 cm³/mol. The van der Waals surface area contributed by atoms with Crippen LogP contribution < -0.4 is 12.4 Å². The first-order valence-electron chi connectivity index (χ1n) is 2.12. The van der Waals surface area contributed by atoms with Crippen LogP contribution in [0.4, 0.5) is 8.78 Å². The first-order chi connectivity index (χ1) is 3.79. The number of halogens is 3. The average molecular weight is 173 g/mol. The van der Waals surface area contributed by atoms with Crippen molar-refractivity contribution < 1.29 is 21.2 Å². The Balaban J connectivity index is 0. The van der Waals surface area contributed by atoms with E-state index in [2.05, 4.69) is 0 Å². The van der Waals surface area contributed by atoms with Gasteiger partial charge < -0.3 is 12.4 Å². The van der Waals surface area contributed by atoms with Gasteiger partial charge in [-0.3, -0.25) is 0 Å². The molecule has 0 radical (unpaired) electrons. The average Bonchev–Trinajstić information content (AvgIpc) is 1.64. The van der Waals surface area contributed by atoms with Crippen LogP contribution in [-0.4, -0.2) is 23.1 Å². The monoisotopic (exact) mass is 172 g/mol. The number of benzene rings is 1. The summed E-state index contributed by atoms with van der Waals surface area (Å²) < 4.78 is 23.7. The van der Waals surface area contributed by atoms with Crippen LogP contribution in [0.3, 0.4) is 0 Å². The van der Waals surface area contributed by atoms with E-state index in [0.29, 0.717) is 0 Å². The molecule has 0 fully saturated rings. The van der Waals surface area contributed by atoms with E-state index in [1.165, 1.54) is 6.07 Å². The fourth-order valence-corrected chi connectivity index (χ4v) is 0.414. The maximum absolute atomic E-state index is 11.9. The first kappa shape index (κ1) is 12.8. The second-order valence-electron chi connectivity index (χ2n) is 1.35. The van der Waals surface area contributed by atoms with Gasteiger partial charge in [0.05, 0.1) is 0 Å². The third-order valence-corrected chi connectivity index (χ3v) is 0.724. The molecule has 0 unspecified atom stereocenters. The van der Waals surface area contributed by atoms with Crippen LogP contribution in [0.1, 0.15) is 0 Å². The van der Waals surface area contributed by atoms with Gasteiger partial charge in [-0.15, -0.1) is 18.2 Å². The van der Waals surface area contributed by atoms with Crippen LogP contribution >= 0.6 is 0 Å². The normalized spacial score (nSPS) is 7.40. The van der Waals surface area contributed by atoms with Crippen LogP contribution in [-0.2, 0) is 0 Å². The van der Waals surface area contributed by atoms with E-state index in [1.54, 1.807) is 0 Å². The van der Waals surface area contributed by atoms with Gasteiger partial charge in [-0.25, -0.2) is 8.78 Å². The topological polar surface area (TPSA) is 0 Å². The summed E-state index contributed by atoms with van der Waals surface area (Å²) in [4.78, 5) is 0. The van der Waals surface area contributed by atoms with E-state index in [9.17, 15) is 8.78 Å². The van der Waals surface area contributed by atoms with Crippen molar-refractivity contribution >= 4 is 23.1 Å². The summed E-state index contributed by atoms with van der Waals surface area (Å²) in [7, 11) is 0. The third kappa shape index (κ3) is 4.03. The molecule has 4 heteroatoms. The van der Waals surface area contributed by atoms with Gasteiger partial charge in [0.2, 0.25) is 0 Å². The number of rotatable bonds is 0. The Kier molecular flexibility index (Phi) is 7.52. The van der Waals surface area contributed by atoms with Crippen molar-refractivity contribution in [1.82, 2.24) is 0 Å². The van der Waals surface area contributed by atoms with E-state index in [0.717, 1.165) is 12.1 Å². The molecule has 0 aromatic heterocycles. The van der Waals surface area contributed by atoms with Crippen molar-refractivity contribution in [3.05, 3.63) is 35.9 Å². The molecular formula is C6H3ClF2Mg. The quantitative estimate of drug-likeness (QED) is 0.327. The first-order valence-corrected chi connectivity index (χ1v) is 2.12. The second kappa shape index (κ2) is 5.89. The molecule has 1 rings (SSSR count). The number of hydrogen-bond acceptors (Lipinski definition) is 0. The van der Waals surface area contributed by atoms with Crippen molar-refractivity contribution in [2.75, 3.05) is 0 Å². The second-order valence-corrected chi connectivity index (χ2v) is 1.35. The van der Waals surface area contributed by atoms with Gasteiger partial charge in [-0.05, 0) is 0 Å². The van der Waals surface area contributed by atoms with E-state index in [-0.39, 0.29) is 35.5 Å². The Morgan fingerprint density at radius 1 is 1.10 bits per heavy atom. The van der Waals surface area contributed by atoms with Gasteiger partial charge in [-0.1, -0.05) is 0 Å². The van der Waals surface area contributed by atoms with Gasteiger partial charge in [0.1, 0.15) is 0 Å². The zero-order valence-electron chi connectivity index (χ0n) is 5.07. The molecule has 0 nitrogen and oxygen atoms in total. The van der Waals surface area contributed by atoms with E-state index >= 15 is 0 Å². The molecule has 0 saturated carbocycles. The van der Waals surface area contributed by atoms with Gasteiger partial charge in [-0.2, -0.15) is 6.07 Å². The Morgan fingerprint density at radius 3 is 1.70 bits per heavy atom. The molecule has 0 saturated heterocycles. The maximum atomic E-state index is 11.9. The van der Waals surface area contributed by atoms with Gasteiger partial charge >= 0.3 is 23.1 Å². The van der Waals surface area contributed by atoms with Crippen LogP contribution in [0.2, 0.25) is 0 Å².